The van der Waals surface area contributed by atoms with Gasteiger partial charge < -0.3 is 4.74 Å². The van der Waals surface area contributed by atoms with Crippen LogP contribution in [-0.4, -0.2) is 18.5 Å². The van der Waals surface area contributed by atoms with E-state index in [1.54, 1.807) is 0 Å². The highest BCUT2D eigenvalue weighted by atomic mass is 19.3. The van der Waals surface area contributed by atoms with Crippen molar-refractivity contribution < 1.29 is 31.1 Å². The molecule has 0 aliphatic heterocycles. The van der Waals surface area contributed by atoms with Crippen LogP contribution in [0.15, 0.2) is 24.3 Å². The summed E-state index contributed by atoms with van der Waals surface area (Å²) in [4.78, 5) is 0. The van der Waals surface area contributed by atoms with Gasteiger partial charge in [0.25, 0.3) is 0 Å². The van der Waals surface area contributed by atoms with Gasteiger partial charge in [-0.1, -0.05) is 12.1 Å². The zero-order valence-corrected chi connectivity index (χ0v) is 7.56. The second-order valence-corrected chi connectivity index (χ2v) is 2.78. The molecule has 1 radical (unpaired) electrons. The summed E-state index contributed by atoms with van der Waals surface area (Å²) in [7, 11) is 0. The van der Waals surface area contributed by atoms with E-state index in [2.05, 4.69) is 10.8 Å². The summed E-state index contributed by atoms with van der Waals surface area (Å²) in [6.45, 7) is 0. The summed E-state index contributed by atoms with van der Waals surface area (Å²) in [5.74, 6) is -6.20. The van der Waals surface area contributed by atoms with E-state index in [0.29, 0.717) is 0 Å². The third-order valence-corrected chi connectivity index (χ3v) is 1.60. The molecule has 0 N–H and O–H groups in total. The molecule has 16 heavy (non-hydrogen) atoms. The Balaban J connectivity index is 2.87. The number of hydrogen-bond donors (Lipinski definition) is 0. The normalized spacial score (nSPS) is 12.9. The Kier molecular flexibility index (Phi) is 3.35. The molecular formula is C9H5F6O. The molecule has 1 rings (SSSR count). The molecule has 0 bridgehead atoms. The van der Waals surface area contributed by atoms with Gasteiger partial charge in [-0.3, -0.25) is 0 Å². The van der Waals surface area contributed by atoms with E-state index in [1.807, 2.05) is 0 Å². The van der Waals surface area contributed by atoms with E-state index in [0.717, 1.165) is 24.3 Å². The van der Waals surface area contributed by atoms with E-state index in [4.69, 9.17) is 0 Å². The molecule has 0 fully saturated rings. The monoisotopic (exact) mass is 243 g/mol. The van der Waals surface area contributed by atoms with Gasteiger partial charge in [0, 0.05) is 0 Å². The average molecular weight is 243 g/mol. The largest absolute Gasteiger partial charge is 0.470 e. The van der Waals surface area contributed by atoms with Crippen LogP contribution in [0.1, 0.15) is 0 Å². The highest BCUT2D eigenvalue weighted by Gasteiger charge is 2.66. The smallest absolute Gasteiger partial charge is 0.428 e. The number of rotatable bonds is 4. The zero-order chi connectivity index (χ0) is 12.4. The molecule has 0 aromatic heterocycles. The van der Waals surface area contributed by atoms with Crippen LogP contribution in [0.3, 0.4) is 0 Å². The maximum atomic E-state index is 12.7. The molecule has 0 unspecified atom stereocenters. The van der Waals surface area contributed by atoms with Crippen molar-refractivity contribution >= 4 is 0 Å². The second-order valence-electron chi connectivity index (χ2n) is 2.78. The van der Waals surface area contributed by atoms with Gasteiger partial charge in [0.05, 0.1) is 0 Å². The maximum absolute atomic E-state index is 12.7. The van der Waals surface area contributed by atoms with Gasteiger partial charge in [-0.25, -0.2) is 8.78 Å². The van der Waals surface area contributed by atoms with Crippen molar-refractivity contribution in [3.05, 3.63) is 30.3 Å². The molecule has 89 valence electrons. The Labute approximate surface area is 86.6 Å². The third-order valence-electron chi connectivity index (χ3n) is 1.60. The molecule has 1 nitrogen and oxygen atoms in total. The molecule has 0 atom stereocenters. The van der Waals surface area contributed by atoms with Crippen molar-refractivity contribution in [1.82, 2.24) is 0 Å². The van der Waals surface area contributed by atoms with Gasteiger partial charge in [0.1, 0.15) is 5.75 Å². The Morgan fingerprint density at radius 3 is 2.00 bits per heavy atom. The minimum atomic E-state index is -5.55. The van der Waals surface area contributed by atoms with Crippen LogP contribution in [0, 0.1) is 6.07 Å². The fraction of sp³-hybridized carbons (Fsp3) is 0.333. The predicted molar refractivity (Wildman–Crippen MR) is 41.8 cm³/mol. The summed E-state index contributed by atoms with van der Waals surface area (Å²) >= 11 is 0. The number of alkyl halides is 6. The van der Waals surface area contributed by atoms with Gasteiger partial charge in [0.15, 0.2) is 0 Å². The van der Waals surface area contributed by atoms with Crippen LogP contribution >= 0.6 is 0 Å². The molecular weight excluding hydrogens is 238 g/mol. The van der Waals surface area contributed by atoms with Gasteiger partial charge in [-0.05, 0) is 18.2 Å². The second kappa shape index (κ2) is 4.23. The SMILES string of the molecule is FC(F)C(F)(F)C(F)(F)Oc1cc[c]cc1. The molecule has 0 aliphatic carbocycles. The van der Waals surface area contributed by atoms with E-state index < -0.39 is 24.2 Å². The fourth-order valence-electron chi connectivity index (χ4n) is 0.783. The molecule has 0 spiro atoms. The quantitative estimate of drug-likeness (QED) is 0.737. The number of halogens is 6. The van der Waals surface area contributed by atoms with Crippen molar-refractivity contribution in [1.29, 1.82) is 0 Å². The Bertz CT molecular complexity index is 337. The molecule has 0 amide bonds. The van der Waals surface area contributed by atoms with Crippen LogP contribution in [0.5, 0.6) is 5.75 Å². The van der Waals surface area contributed by atoms with Crippen LogP contribution in [0.25, 0.3) is 0 Å². The highest BCUT2D eigenvalue weighted by Crippen LogP contribution is 2.40. The van der Waals surface area contributed by atoms with Gasteiger partial charge in [-0.15, -0.1) is 0 Å². The number of hydrogen-bond acceptors (Lipinski definition) is 1. The molecule has 1 aromatic rings. The first-order valence-electron chi connectivity index (χ1n) is 3.96. The zero-order valence-electron chi connectivity index (χ0n) is 7.56. The van der Waals surface area contributed by atoms with E-state index in [-0.39, 0.29) is 0 Å². The Morgan fingerprint density at radius 2 is 1.56 bits per heavy atom. The first kappa shape index (κ1) is 12.7. The Morgan fingerprint density at radius 1 is 1.06 bits per heavy atom. The lowest BCUT2D eigenvalue weighted by Gasteiger charge is -2.25. The van der Waals surface area contributed by atoms with Crippen molar-refractivity contribution in [3.63, 3.8) is 0 Å². The van der Waals surface area contributed by atoms with Gasteiger partial charge in [0.2, 0.25) is 0 Å². The molecule has 0 heterocycles. The van der Waals surface area contributed by atoms with E-state index >= 15 is 0 Å². The number of ether oxygens (including phenoxy) is 1. The van der Waals surface area contributed by atoms with E-state index in [1.165, 1.54) is 0 Å². The minimum absolute atomic E-state index is 0.649. The first-order chi connectivity index (χ1) is 7.27. The van der Waals surface area contributed by atoms with Crippen LogP contribution in [0.2, 0.25) is 0 Å². The third kappa shape index (κ3) is 2.40. The standard InChI is InChI=1S/C9H5F6O/c10-7(11)8(12,13)9(14,15)16-6-4-2-1-3-5-6/h2-5,7H. The van der Waals surface area contributed by atoms with Crippen molar-refractivity contribution in [2.24, 2.45) is 0 Å². The number of benzene rings is 1. The topological polar surface area (TPSA) is 9.23 Å². The van der Waals surface area contributed by atoms with Crippen molar-refractivity contribution in [2.75, 3.05) is 0 Å². The predicted octanol–water partition coefficient (Wildman–Crippen LogP) is 3.36. The fourth-order valence-corrected chi connectivity index (χ4v) is 0.783. The van der Waals surface area contributed by atoms with Crippen LogP contribution in [-0.2, 0) is 0 Å². The minimum Gasteiger partial charge on any atom is -0.428 e. The molecule has 0 aliphatic rings. The summed E-state index contributed by atoms with van der Waals surface area (Å²) in [5, 5.41) is 0. The Hall–Kier alpha value is -1.40. The summed E-state index contributed by atoms with van der Waals surface area (Å²) in [6, 6.07) is 6.45. The summed E-state index contributed by atoms with van der Waals surface area (Å²) < 4.78 is 77.0. The van der Waals surface area contributed by atoms with E-state index in [9.17, 15) is 26.3 Å². The lowest BCUT2D eigenvalue weighted by Crippen LogP contribution is -2.50. The highest BCUT2D eigenvalue weighted by molar-refractivity contribution is 5.21. The maximum Gasteiger partial charge on any atom is 0.470 e. The average Bonchev–Trinajstić information content (AvgIpc) is 2.18. The first-order valence-corrected chi connectivity index (χ1v) is 3.96. The van der Waals surface area contributed by atoms with Gasteiger partial charge in [-0.2, -0.15) is 17.6 Å². The molecule has 1 aromatic carbocycles. The lowest BCUT2D eigenvalue weighted by molar-refractivity contribution is -0.342. The van der Waals surface area contributed by atoms with Crippen molar-refractivity contribution in [3.8, 4) is 5.75 Å². The van der Waals surface area contributed by atoms with Gasteiger partial charge >= 0.3 is 18.5 Å². The summed E-state index contributed by atoms with van der Waals surface area (Å²) in [6.07, 6.45) is -9.79. The molecule has 7 heteroatoms. The molecule has 0 saturated carbocycles. The van der Waals surface area contributed by atoms with Crippen LogP contribution < -0.4 is 4.74 Å². The van der Waals surface area contributed by atoms with Crippen molar-refractivity contribution in [2.45, 2.75) is 18.5 Å². The lowest BCUT2D eigenvalue weighted by atomic mass is 10.3. The summed E-state index contributed by atoms with van der Waals surface area (Å²) in [5.41, 5.74) is 0. The molecule has 0 saturated heterocycles. The van der Waals surface area contributed by atoms with Crippen LogP contribution in [0.4, 0.5) is 26.3 Å².